The maximum absolute atomic E-state index is 12.0. The summed E-state index contributed by atoms with van der Waals surface area (Å²) in [5, 5.41) is 2.85. The van der Waals surface area contributed by atoms with Crippen LogP contribution in [0.4, 0.5) is 0 Å². The van der Waals surface area contributed by atoms with E-state index in [9.17, 15) is 4.79 Å². The lowest BCUT2D eigenvalue weighted by atomic mass is 10.2. The van der Waals surface area contributed by atoms with Gasteiger partial charge in [-0.25, -0.2) is 0 Å². The van der Waals surface area contributed by atoms with Gasteiger partial charge in [0.15, 0.2) is 11.5 Å². The van der Waals surface area contributed by atoms with E-state index in [-0.39, 0.29) is 12.0 Å². The van der Waals surface area contributed by atoms with Crippen LogP contribution in [0.2, 0.25) is 0 Å². The van der Waals surface area contributed by atoms with Crippen molar-refractivity contribution < 1.29 is 14.3 Å². The van der Waals surface area contributed by atoms with Gasteiger partial charge in [0.05, 0.1) is 18.8 Å². The number of carbonyl (C=O) groups excluding carboxylic acids is 1. The number of pyridine rings is 1. The second-order valence-corrected chi connectivity index (χ2v) is 5.08. The summed E-state index contributed by atoms with van der Waals surface area (Å²) in [6, 6.07) is 9.08. The fourth-order valence-corrected chi connectivity index (χ4v) is 1.95. The van der Waals surface area contributed by atoms with E-state index in [0.717, 1.165) is 5.56 Å². The third-order valence-electron chi connectivity index (χ3n) is 2.97. The molecule has 2 aromatic rings. The lowest BCUT2D eigenvalue weighted by Crippen LogP contribution is -2.22. The number of hydrogen-bond donors (Lipinski definition) is 1. The van der Waals surface area contributed by atoms with Crippen LogP contribution in [0.5, 0.6) is 11.5 Å². The Morgan fingerprint density at radius 3 is 2.73 bits per heavy atom. The summed E-state index contributed by atoms with van der Waals surface area (Å²) in [6.45, 7) is 4.33. The van der Waals surface area contributed by atoms with E-state index < -0.39 is 0 Å². The highest BCUT2D eigenvalue weighted by Crippen LogP contribution is 2.28. The zero-order valence-electron chi connectivity index (χ0n) is 13.0. The number of carbonyl (C=O) groups is 1. The molecular weight excluding hydrogens is 280 g/mol. The monoisotopic (exact) mass is 300 g/mol. The van der Waals surface area contributed by atoms with Crippen LogP contribution in [0, 0.1) is 0 Å². The number of nitrogens with one attached hydrogen (secondary N) is 1. The van der Waals surface area contributed by atoms with Gasteiger partial charge < -0.3 is 14.8 Å². The quantitative estimate of drug-likeness (QED) is 0.891. The molecule has 0 atom stereocenters. The molecule has 116 valence electrons. The molecule has 0 fully saturated rings. The number of benzene rings is 1. The average Bonchev–Trinajstić information content (AvgIpc) is 2.54. The molecule has 5 nitrogen and oxygen atoms in total. The van der Waals surface area contributed by atoms with E-state index in [2.05, 4.69) is 10.3 Å². The Hall–Kier alpha value is -2.56. The minimum atomic E-state index is -0.158. The van der Waals surface area contributed by atoms with Crippen LogP contribution >= 0.6 is 0 Å². The first-order valence-corrected chi connectivity index (χ1v) is 7.12. The molecule has 5 heteroatoms. The third kappa shape index (κ3) is 4.22. The largest absolute Gasteiger partial charge is 0.493 e. The van der Waals surface area contributed by atoms with Gasteiger partial charge in [0.25, 0.3) is 5.91 Å². The molecule has 0 spiro atoms. The van der Waals surface area contributed by atoms with Crippen molar-refractivity contribution in [3.63, 3.8) is 0 Å². The molecule has 1 aromatic carbocycles. The van der Waals surface area contributed by atoms with E-state index >= 15 is 0 Å². The molecule has 1 amide bonds. The van der Waals surface area contributed by atoms with Crippen LogP contribution in [0.1, 0.15) is 29.8 Å². The minimum absolute atomic E-state index is 0.0741. The SMILES string of the molecule is COc1cc(CNC(=O)c2cccnc2)ccc1OC(C)C. The van der Waals surface area contributed by atoms with Gasteiger partial charge in [0, 0.05) is 18.9 Å². The predicted molar refractivity (Wildman–Crippen MR) is 84.2 cm³/mol. The van der Waals surface area contributed by atoms with Crippen molar-refractivity contribution in [1.82, 2.24) is 10.3 Å². The van der Waals surface area contributed by atoms with Gasteiger partial charge >= 0.3 is 0 Å². The van der Waals surface area contributed by atoms with E-state index in [1.54, 1.807) is 25.4 Å². The Bertz CT molecular complexity index is 627. The standard InChI is InChI=1S/C17H20N2O3/c1-12(2)22-15-7-6-13(9-16(15)21-3)10-19-17(20)14-5-4-8-18-11-14/h4-9,11-12H,10H2,1-3H3,(H,19,20). The number of nitrogens with zero attached hydrogens (tertiary/aromatic N) is 1. The second kappa shape index (κ2) is 7.45. The zero-order chi connectivity index (χ0) is 15.9. The number of amides is 1. The fourth-order valence-electron chi connectivity index (χ4n) is 1.95. The van der Waals surface area contributed by atoms with Gasteiger partial charge in [-0.15, -0.1) is 0 Å². The molecule has 1 aromatic heterocycles. The van der Waals surface area contributed by atoms with Crippen molar-refractivity contribution in [2.75, 3.05) is 7.11 Å². The van der Waals surface area contributed by atoms with E-state index in [0.29, 0.717) is 23.6 Å². The predicted octanol–water partition coefficient (Wildman–Crippen LogP) is 2.81. The van der Waals surface area contributed by atoms with Gasteiger partial charge in [-0.3, -0.25) is 9.78 Å². The lowest BCUT2D eigenvalue weighted by molar-refractivity contribution is 0.0950. The maximum Gasteiger partial charge on any atom is 0.253 e. The summed E-state index contributed by atoms with van der Waals surface area (Å²) in [5.41, 5.74) is 1.47. The maximum atomic E-state index is 12.0. The van der Waals surface area contributed by atoms with Gasteiger partial charge in [0.2, 0.25) is 0 Å². The smallest absolute Gasteiger partial charge is 0.253 e. The molecule has 2 rings (SSSR count). The van der Waals surface area contributed by atoms with Crippen molar-refractivity contribution in [3.05, 3.63) is 53.9 Å². The molecule has 0 aliphatic heterocycles. The molecule has 1 N–H and O–H groups in total. The van der Waals surface area contributed by atoms with Crippen molar-refractivity contribution in [2.45, 2.75) is 26.5 Å². The van der Waals surface area contributed by atoms with Crippen LogP contribution in [-0.4, -0.2) is 24.1 Å². The average molecular weight is 300 g/mol. The Morgan fingerprint density at radius 2 is 2.09 bits per heavy atom. The molecule has 0 unspecified atom stereocenters. The Labute approximate surface area is 130 Å². The number of ether oxygens (including phenoxy) is 2. The molecule has 0 radical (unpaired) electrons. The molecule has 0 aliphatic carbocycles. The molecule has 0 saturated carbocycles. The van der Waals surface area contributed by atoms with Gasteiger partial charge in [-0.2, -0.15) is 0 Å². The summed E-state index contributed by atoms with van der Waals surface area (Å²) >= 11 is 0. The summed E-state index contributed by atoms with van der Waals surface area (Å²) in [4.78, 5) is 15.9. The normalized spacial score (nSPS) is 10.4. The van der Waals surface area contributed by atoms with E-state index in [1.807, 2.05) is 32.0 Å². The highest BCUT2D eigenvalue weighted by molar-refractivity contribution is 5.93. The molecule has 1 heterocycles. The first-order valence-electron chi connectivity index (χ1n) is 7.12. The van der Waals surface area contributed by atoms with Crippen molar-refractivity contribution in [2.24, 2.45) is 0 Å². The Kier molecular flexibility index (Phi) is 5.36. The van der Waals surface area contributed by atoms with Gasteiger partial charge in [-0.1, -0.05) is 6.07 Å². The highest BCUT2D eigenvalue weighted by atomic mass is 16.5. The summed E-state index contributed by atoms with van der Waals surface area (Å²) in [5.74, 6) is 1.19. The van der Waals surface area contributed by atoms with Crippen molar-refractivity contribution in [1.29, 1.82) is 0 Å². The molecule has 0 bridgehead atoms. The third-order valence-corrected chi connectivity index (χ3v) is 2.97. The second-order valence-electron chi connectivity index (χ2n) is 5.08. The fraction of sp³-hybridized carbons (Fsp3) is 0.294. The number of aromatic nitrogens is 1. The number of hydrogen-bond acceptors (Lipinski definition) is 4. The topological polar surface area (TPSA) is 60.5 Å². The van der Waals surface area contributed by atoms with Crippen LogP contribution in [0.25, 0.3) is 0 Å². The summed E-state index contributed by atoms with van der Waals surface area (Å²) in [7, 11) is 1.60. The first-order chi connectivity index (χ1) is 10.6. The van der Waals surface area contributed by atoms with Crippen LogP contribution in [-0.2, 0) is 6.54 Å². The highest BCUT2D eigenvalue weighted by Gasteiger charge is 2.09. The molecule has 0 aliphatic rings. The molecular formula is C17H20N2O3. The first kappa shape index (κ1) is 15.8. The van der Waals surface area contributed by atoms with Crippen LogP contribution < -0.4 is 14.8 Å². The van der Waals surface area contributed by atoms with E-state index in [4.69, 9.17) is 9.47 Å². The van der Waals surface area contributed by atoms with Gasteiger partial charge in [-0.05, 0) is 43.7 Å². The lowest BCUT2D eigenvalue weighted by Gasteiger charge is -2.14. The van der Waals surface area contributed by atoms with Crippen LogP contribution in [0.3, 0.4) is 0 Å². The van der Waals surface area contributed by atoms with Gasteiger partial charge in [0.1, 0.15) is 0 Å². The minimum Gasteiger partial charge on any atom is -0.493 e. The zero-order valence-corrected chi connectivity index (χ0v) is 13.0. The Balaban J connectivity index is 2.03. The van der Waals surface area contributed by atoms with Crippen LogP contribution in [0.15, 0.2) is 42.7 Å². The van der Waals surface area contributed by atoms with E-state index in [1.165, 1.54) is 6.20 Å². The molecule has 0 saturated heterocycles. The Morgan fingerprint density at radius 1 is 1.27 bits per heavy atom. The van der Waals surface area contributed by atoms with Crippen molar-refractivity contribution in [3.8, 4) is 11.5 Å². The van der Waals surface area contributed by atoms with Crippen molar-refractivity contribution >= 4 is 5.91 Å². The number of rotatable bonds is 6. The summed E-state index contributed by atoms with van der Waals surface area (Å²) in [6.07, 6.45) is 3.25. The summed E-state index contributed by atoms with van der Waals surface area (Å²) < 4.78 is 11.0. The molecule has 22 heavy (non-hydrogen) atoms. The number of methoxy groups -OCH3 is 1.